The molecule has 1 fully saturated rings. The zero-order valence-corrected chi connectivity index (χ0v) is 9.12. The summed E-state index contributed by atoms with van der Waals surface area (Å²) in [7, 11) is 0. The molecule has 0 aromatic rings. The number of hydroxylamine groups is 1. The van der Waals surface area contributed by atoms with Gasteiger partial charge in [-0.3, -0.25) is 9.63 Å². The third-order valence-electron chi connectivity index (χ3n) is 1.63. The van der Waals surface area contributed by atoms with Crippen molar-refractivity contribution in [1.82, 2.24) is 10.8 Å². The van der Waals surface area contributed by atoms with Gasteiger partial charge in [0.15, 0.2) is 0 Å². The van der Waals surface area contributed by atoms with Crippen molar-refractivity contribution in [2.75, 3.05) is 6.54 Å². The van der Waals surface area contributed by atoms with Crippen molar-refractivity contribution in [1.29, 1.82) is 0 Å². The molecule has 0 radical (unpaired) electrons. The highest BCUT2D eigenvalue weighted by molar-refractivity contribution is 5.77. The van der Waals surface area contributed by atoms with Crippen LogP contribution < -0.4 is 10.8 Å². The smallest absolute Gasteiger partial charge is 0.407 e. The van der Waals surface area contributed by atoms with Gasteiger partial charge in [0, 0.05) is 0 Å². The third-order valence-corrected chi connectivity index (χ3v) is 1.63. The zero-order chi connectivity index (χ0) is 11.5. The van der Waals surface area contributed by atoms with Crippen LogP contribution in [-0.4, -0.2) is 30.3 Å². The lowest BCUT2D eigenvalue weighted by molar-refractivity contribution is -0.124. The summed E-state index contributed by atoms with van der Waals surface area (Å²) in [6.45, 7) is 5.60. The Kier molecular flexibility index (Phi) is 3.52. The van der Waals surface area contributed by atoms with Crippen LogP contribution in [0.4, 0.5) is 4.79 Å². The first-order chi connectivity index (χ1) is 6.87. The number of carbonyl (C=O) groups is 2. The fraction of sp³-hybridized carbons (Fsp3) is 0.778. The van der Waals surface area contributed by atoms with Gasteiger partial charge >= 0.3 is 6.09 Å². The third kappa shape index (κ3) is 4.64. The summed E-state index contributed by atoms with van der Waals surface area (Å²) < 4.78 is 5.01. The molecule has 1 rings (SSSR count). The van der Waals surface area contributed by atoms with Crippen LogP contribution in [0.5, 0.6) is 0 Å². The molecule has 1 saturated heterocycles. The van der Waals surface area contributed by atoms with Gasteiger partial charge in [0.05, 0.1) is 13.0 Å². The SMILES string of the molecule is CC(C)(C)OC(=O)NC[C@@H]1CC(=O)NO1. The Bertz CT molecular complexity index is 259. The fourth-order valence-electron chi connectivity index (χ4n) is 1.06. The number of alkyl carbamates (subject to hydrolysis) is 1. The summed E-state index contributed by atoms with van der Waals surface area (Å²) >= 11 is 0. The molecule has 1 aliphatic rings. The first-order valence-electron chi connectivity index (χ1n) is 4.78. The first kappa shape index (κ1) is 11.8. The molecule has 1 aliphatic heterocycles. The highest BCUT2D eigenvalue weighted by atomic mass is 16.7. The van der Waals surface area contributed by atoms with Crippen LogP contribution in [-0.2, 0) is 14.4 Å². The van der Waals surface area contributed by atoms with Crippen LogP contribution in [0.2, 0.25) is 0 Å². The largest absolute Gasteiger partial charge is 0.444 e. The molecule has 0 unspecified atom stereocenters. The van der Waals surface area contributed by atoms with Crippen LogP contribution in [0.25, 0.3) is 0 Å². The van der Waals surface area contributed by atoms with Crippen LogP contribution in [0.3, 0.4) is 0 Å². The summed E-state index contributed by atoms with van der Waals surface area (Å²) in [6.07, 6.45) is -0.564. The fourth-order valence-corrected chi connectivity index (χ4v) is 1.06. The van der Waals surface area contributed by atoms with E-state index in [1.54, 1.807) is 20.8 Å². The molecule has 0 aromatic heterocycles. The zero-order valence-electron chi connectivity index (χ0n) is 9.12. The monoisotopic (exact) mass is 216 g/mol. The second kappa shape index (κ2) is 4.48. The number of hydrogen-bond donors (Lipinski definition) is 2. The second-order valence-electron chi connectivity index (χ2n) is 4.35. The van der Waals surface area contributed by atoms with Crippen molar-refractivity contribution in [3.8, 4) is 0 Å². The van der Waals surface area contributed by atoms with Gasteiger partial charge in [0.25, 0.3) is 0 Å². The molecule has 86 valence electrons. The van der Waals surface area contributed by atoms with E-state index in [0.29, 0.717) is 0 Å². The Labute approximate surface area is 88.3 Å². The van der Waals surface area contributed by atoms with Crippen molar-refractivity contribution in [2.24, 2.45) is 0 Å². The van der Waals surface area contributed by atoms with Gasteiger partial charge in [0.1, 0.15) is 11.7 Å². The topological polar surface area (TPSA) is 76.7 Å². The minimum absolute atomic E-state index is 0.175. The average molecular weight is 216 g/mol. The second-order valence-corrected chi connectivity index (χ2v) is 4.35. The number of amides is 2. The lowest BCUT2D eigenvalue weighted by Gasteiger charge is -2.20. The normalized spacial score (nSPS) is 21.0. The van der Waals surface area contributed by atoms with E-state index < -0.39 is 11.7 Å². The number of rotatable bonds is 2. The van der Waals surface area contributed by atoms with E-state index in [4.69, 9.17) is 9.57 Å². The van der Waals surface area contributed by atoms with Gasteiger partial charge in [-0.2, -0.15) is 0 Å². The van der Waals surface area contributed by atoms with Crippen molar-refractivity contribution in [3.05, 3.63) is 0 Å². The van der Waals surface area contributed by atoms with Gasteiger partial charge in [-0.15, -0.1) is 0 Å². The maximum absolute atomic E-state index is 11.2. The van der Waals surface area contributed by atoms with E-state index in [1.807, 2.05) is 0 Å². The summed E-state index contributed by atoms with van der Waals surface area (Å²) in [6, 6.07) is 0. The van der Waals surface area contributed by atoms with Crippen molar-refractivity contribution < 1.29 is 19.2 Å². The van der Waals surface area contributed by atoms with E-state index in [2.05, 4.69) is 10.8 Å². The maximum atomic E-state index is 11.2. The summed E-state index contributed by atoms with van der Waals surface area (Å²) in [5.41, 5.74) is 1.69. The average Bonchev–Trinajstić information content (AvgIpc) is 2.45. The molecule has 15 heavy (non-hydrogen) atoms. The molecule has 0 aromatic carbocycles. The first-order valence-corrected chi connectivity index (χ1v) is 4.78. The molecular formula is C9H16N2O4. The van der Waals surface area contributed by atoms with Crippen LogP contribution >= 0.6 is 0 Å². The molecule has 0 saturated carbocycles. The van der Waals surface area contributed by atoms with Crippen LogP contribution in [0, 0.1) is 0 Å². The minimum Gasteiger partial charge on any atom is -0.444 e. The summed E-state index contributed by atoms with van der Waals surface area (Å²) in [4.78, 5) is 26.8. The van der Waals surface area contributed by atoms with Crippen molar-refractivity contribution in [3.63, 3.8) is 0 Å². The Morgan fingerprint density at radius 2 is 2.33 bits per heavy atom. The molecule has 6 heteroatoms. The Morgan fingerprint density at radius 3 is 2.80 bits per heavy atom. The van der Waals surface area contributed by atoms with E-state index in [-0.39, 0.29) is 25.0 Å². The van der Waals surface area contributed by atoms with Crippen LogP contribution in [0.1, 0.15) is 27.2 Å². The van der Waals surface area contributed by atoms with Gasteiger partial charge in [-0.1, -0.05) is 0 Å². The van der Waals surface area contributed by atoms with Gasteiger partial charge in [-0.25, -0.2) is 10.3 Å². The molecule has 0 aliphatic carbocycles. The molecule has 0 spiro atoms. The standard InChI is InChI=1S/C9H16N2O4/c1-9(2,3)14-8(13)10-5-6-4-7(12)11-15-6/h6H,4-5H2,1-3H3,(H,10,13)(H,11,12)/t6-/m0/s1. The van der Waals surface area contributed by atoms with E-state index in [9.17, 15) is 9.59 Å². The van der Waals surface area contributed by atoms with E-state index in [0.717, 1.165) is 0 Å². The molecule has 2 amide bonds. The van der Waals surface area contributed by atoms with Crippen molar-refractivity contribution in [2.45, 2.75) is 38.9 Å². The predicted molar refractivity (Wildman–Crippen MR) is 51.9 cm³/mol. The quantitative estimate of drug-likeness (QED) is 0.697. The van der Waals surface area contributed by atoms with Crippen molar-refractivity contribution >= 4 is 12.0 Å². The summed E-state index contributed by atoms with van der Waals surface area (Å²) in [5, 5.41) is 2.52. The minimum atomic E-state index is -0.519. The Balaban J connectivity index is 2.20. The lowest BCUT2D eigenvalue weighted by atomic mass is 10.2. The number of hydrogen-bond acceptors (Lipinski definition) is 4. The molecule has 0 bridgehead atoms. The number of ether oxygens (including phenoxy) is 1. The molecule has 1 atom stereocenters. The maximum Gasteiger partial charge on any atom is 0.407 e. The van der Waals surface area contributed by atoms with Gasteiger partial charge < -0.3 is 10.1 Å². The highest BCUT2D eigenvalue weighted by Gasteiger charge is 2.24. The molecular weight excluding hydrogens is 200 g/mol. The Morgan fingerprint density at radius 1 is 1.67 bits per heavy atom. The molecule has 6 nitrogen and oxygen atoms in total. The molecule has 2 N–H and O–H groups in total. The van der Waals surface area contributed by atoms with Gasteiger partial charge in [-0.05, 0) is 20.8 Å². The lowest BCUT2D eigenvalue weighted by Crippen LogP contribution is -2.37. The van der Waals surface area contributed by atoms with E-state index in [1.165, 1.54) is 0 Å². The van der Waals surface area contributed by atoms with Crippen LogP contribution in [0.15, 0.2) is 0 Å². The number of nitrogens with one attached hydrogen (secondary N) is 2. The predicted octanol–water partition coefficient (Wildman–Crippen LogP) is 0.331. The molecule has 1 heterocycles. The Hall–Kier alpha value is -1.30. The highest BCUT2D eigenvalue weighted by Crippen LogP contribution is 2.07. The number of carbonyl (C=O) groups excluding carboxylic acids is 2. The van der Waals surface area contributed by atoms with E-state index >= 15 is 0 Å². The van der Waals surface area contributed by atoms with Gasteiger partial charge in [0.2, 0.25) is 5.91 Å². The summed E-state index contributed by atoms with van der Waals surface area (Å²) in [5.74, 6) is -0.175.